The number of rotatable bonds is 6. The van der Waals surface area contributed by atoms with Crippen LogP contribution in [0.4, 0.5) is 0 Å². The first kappa shape index (κ1) is 24.6. The molecule has 0 saturated heterocycles. The van der Waals surface area contributed by atoms with Crippen molar-refractivity contribution >= 4 is 28.2 Å². The fraction of sp³-hybridized carbons (Fsp3) is 0.524. The molecule has 1 aromatic heterocycles. The summed E-state index contributed by atoms with van der Waals surface area (Å²) in [6, 6.07) is 2.20. The lowest BCUT2D eigenvalue weighted by molar-refractivity contribution is -0.117. The number of hydrogen-bond acceptors (Lipinski definition) is 6. The second kappa shape index (κ2) is 10.1. The standard InChI is InChI=1S/C15H21NO2.C6H10N2O2S2/c1-4-11-13(6-15(16)17)12(9(2)3)5-10-7-18-8-14(10)11;1-6(2,9)5-8-3-4(11-5)12(7)10/h5,9H,4,6-8H2,1-3H3,(H2,16,17);3,9H,7H2,1-2H3. The Balaban J connectivity index is 0.000000232. The van der Waals surface area contributed by atoms with Crippen LogP contribution in [0.2, 0.25) is 0 Å². The van der Waals surface area contributed by atoms with E-state index in [1.54, 1.807) is 13.8 Å². The van der Waals surface area contributed by atoms with Crippen molar-refractivity contribution in [2.75, 3.05) is 0 Å². The third-order valence-electron chi connectivity index (χ3n) is 4.83. The van der Waals surface area contributed by atoms with Crippen LogP contribution in [0.25, 0.3) is 0 Å². The summed E-state index contributed by atoms with van der Waals surface area (Å²) in [5.41, 5.74) is 10.6. The number of aliphatic hydroxyl groups is 1. The van der Waals surface area contributed by atoms with E-state index in [0.717, 1.165) is 23.3 Å². The van der Waals surface area contributed by atoms with Crippen LogP contribution < -0.4 is 10.9 Å². The van der Waals surface area contributed by atoms with Gasteiger partial charge in [0.15, 0.2) is 0 Å². The number of benzene rings is 1. The zero-order chi connectivity index (χ0) is 22.6. The van der Waals surface area contributed by atoms with Crippen molar-refractivity contribution in [3.05, 3.63) is 45.1 Å². The van der Waals surface area contributed by atoms with Gasteiger partial charge in [-0.1, -0.05) is 26.8 Å². The van der Waals surface area contributed by atoms with E-state index in [2.05, 4.69) is 31.8 Å². The fourth-order valence-electron chi connectivity index (χ4n) is 3.44. The second-order valence-electron chi connectivity index (χ2n) is 8.05. The van der Waals surface area contributed by atoms with Crippen LogP contribution in [0.3, 0.4) is 0 Å². The van der Waals surface area contributed by atoms with Gasteiger partial charge in [0.05, 0.1) is 25.8 Å². The molecule has 1 aliphatic rings. The first-order chi connectivity index (χ1) is 14.0. The Morgan fingerprint density at radius 1 is 1.37 bits per heavy atom. The number of amides is 1. The highest BCUT2D eigenvalue weighted by Gasteiger charge is 2.23. The van der Waals surface area contributed by atoms with Crippen molar-refractivity contribution < 1.29 is 18.8 Å². The van der Waals surface area contributed by atoms with Gasteiger partial charge in [0.1, 0.15) is 25.8 Å². The monoisotopic (exact) mass is 453 g/mol. The summed E-state index contributed by atoms with van der Waals surface area (Å²) in [4.78, 5) is 15.2. The molecule has 7 nitrogen and oxygen atoms in total. The zero-order valence-corrected chi connectivity index (χ0v) is 19.8. The zero-order valence-electron chi connectivity index (χ0n) is 18.2. The topological polar surface area (TPSA) is 129 Å². The van der Waals surface area contributed by atoms with E-state index in [9.17, 15) is 14.1 Å². The number of ether oxygens (including phenoxy) is 1. The number of carbonyl (C=O) groups is 1. The number of carbonyl (C=O) groups excluding carboxylic acids is 1. The Morgan fingerprint density at radius 2 is 2.03 bits per heavy atom. The van der Waals surface area contributed by atoms with Crippen molar-refractivity contribution in [2.24, 2.45) is 10.9 Å². The molecule has 1 aliphatic heterocycles. The van der Waals surface area contributed by atoms with E-state index < -0.39 is 16.6 Å². The van der Waals surface area contributed by atoms with Crippen LogP contribution in [0.15, 0.2) is 16.5 Å². The van der Waals surface area contributed by atoms with Gasteiger partial charge in [-0.3, -0.25) is 4.79 Å². The van der Waals surface area contributed by atoms with Crippen molar-refractivity contribution in [1.82, 2.24) is 4.98 Å². The molecule has 0 saturated carbocycles. The summed E-state index contributed by atoms with van der Waals surface area (Å²) >= 11 is 1.16. The van der Waals surface area contributed by atoms with Gasteiger partial charge in [0.25, 0.3) is 0 Å². The molecule has 0 bridgehead atoms. The molecule has 1 amide bonds. The smallest absolute Gasteiger partial charge is 0.221 e. The molecule has 1 unspecified atom stereocenters. The van der Waals surface area contributed by atoms with E-state index in [4.69, 9.17) is 15.6 Å². The number of nitrogens with two attached hydrogens (primary N) is 2. The first-order valence-electron chi connectivity index (χ1n) is 9.82. The Hall–Kier alpha value is -1.65. The lowest BCUT2D eigenvalue weighted by atomic mass is 9.85. The first-order valence-corrected chi connectivity index (χ1v) is 11.9. The van der Waals surface area contributed by atoms with Crippen LogP contribution in [-0.2, 0) is 52.2 Å². The van der Waals surface area contributed by atoms with Crippen molar-refractivity contribution in [3.63, 3.8) is 0 Å². The maximum Gasteiger partial charge on any atom is 0.221 e. The molecule has 2 heterocycles. The molecule has 3 rings (SSSR count). The maximum atomic E-state index is 11.3. The summed E-state index contributed by atoms with van der Waals surface area (Å²) in [5.74, 6) is 0.140. The number of primary amides is 1. The van der Waals surface area contributed by atoms with E-state index in [0.29, 0.717) is 34.8 Å². The number of hydrogen-bond donors (Lipinski definition) is 3. The highest BCUT2D eigenvalue weighted by Crippen LogP contribution is 2.33. The third-order valence-corrected chi connectivity index (χ3v) is 7.18. The SMILES string of the molecule is CC(C)(O)c1ncc(S(N)=O)s1.CCc1c2c(cc(C(C)C)c1CC(N)=O)COC2. The van der Waals surface area contributed by atoms with Crippen LogP contribution in [0, 0.1) is 0 Å². The highest BCUT2D eigenvalue weighted by atomic mass is 32.2. The van der Waals surface area contributed by atoms with Crippen molar-refractivity contribution in [3.8, 4) is 0 Å². The molecule has 30 heavy (non-hydrogen) atoms. The van der Waals surface area contributed by atoms with Gasteiger partial charge in [-0.15, -0.1) is 11.3 Å². The molecule has 0 spiro atoms. The maximum absolute atomic E-state index is 11.3. The van der Waals surface area contributed by atoms with Crippen LogP contribution in [0.5, 0.6) is 0 Å². The predicted molar refractivity (Wildman–Crippen MR) is 119 cm³/mol. The lowest BCUT2D eigenvalue weighted by Gasteiger charge is -2.19. The summed E-state index contributed by atoms with van der Waals surface area (Å²) in [5, 5.41) is 15.1. The van der Waals surface area contributed by atoms with E-state index >= 15 is 0 Å². The normalized spacial score (nSPS) is 14.3. The Morgan fingerprint density at radius 3 is 2.47 bits per heavy atom. The van der Waals surface area contributed by atoms with E-state index in [1.807, 2.05) is 0 Å². The molecule has 0 fully saturated rings. The van der Waals surface area contributed by atoms with E-state index in [-0.39, 0.29) is 5.91 Å². The molecule has 9 heteroatoms. The summed E-state index contributed by atoms with van der Waals surface area (Å²) < 4.78 is 16.8. The van der Waals surface area contributed by atoms with Crippen molar-refractivity contribution in [1.29, 1.82) is 0 Å². The van der Waals surface area contributed by atoms with Crippen LogP contribution in [0.1, 0.15) is 73.4 Å². The van der Waals surface area contributed by atoms with Crippen LogP contribution >= 0.6 is 11.3 Å². The Bertz CT molecular complexity index is 933. The minimum Gasteiger partial charge on any atom is -0.383 e. The minimum atomic E-state index is -1.50. The fourth-order valence-corrected chi connectivity index (χ4v) is 4.82. The average Bonchev–Trinajstić information content (AvgIpc) is 3.30. The number of aromatic nitrogens is 1. The number of fused-ring (bicyclic) bond motifs is 1. The summed E-state index contributed by atoms with van der Waals surface area (Å²) in [7, 11) is -1.50. The van der Waals surface area contributed by atoms with Gasteiger partial charge in [-0.2, -0.15) is 0 Å². The Kier molecular flexibility index (Phi) is 8.29. The van der Waals surface area contributed by atoms with Crippen LogP contribution in [-0.4, -0.2) is 20.2 Å². The van der Waals surface area contributed by atoms with Gasteiger partial charge in [0.2, 0.25) is 5.91 Å². The second-order valence-corrected chi connectivity index (χ2v) is 10.4. The quantitative estimate of drug-likeness (QED) is 0.619. The molecule has 1 atom stereocenters. The molecule has 0 aliphatic carbocycles. The molecular formula is C21H31N3O4S2. The van der Waals surface area contributed by atoms with Gasteiger partial charge in [0, 0.05) is 0 Å². The van der Waals surface area contributed by atoms with E-state index in [1.165, 1.54) is 28.5 Å². The van der Waals surface area contributed by atoms with Gasteiger partial charge in [-0.05, 0) is 54.0 Å². The average molecular weight is 454 g/mol. The van der Waals surface area contributed by atoms with Crippen molar-refractivity contribution in [2.45, 2.75) is 76.4 Å². The highest BCUT2D eigenvalue weighted by molar-refractivity contribution is 7.85. The lowest BCUT2D eigenvalue weighted by Crippen LogP contribution is -2.18. The largest absolute Gasteiger partial charge is 0.383 e. The number of thiazole rings is 1. The number of nitrogens with zero attached hydrogens (tertiary/aromatic N) is 1. The molecule has 166 valence electrons. The Labute approximate surface area is 184 Å². The van der Waals surface area contributed by atoms with Gasteiger partial charge >= 0.3 is 0 Å². The minimum absolute atomic E-state index is 0.259. The summed E-state index contributed by atoms with van der Waals surface area (Å²) in [6.45, 7) is 11.0. The molecule has 0 radical (unpaired) electrons. The van der Waals surface area contributed by atoms with Gasteiger partial charge < -0.3 is 15.6 Å². The molecule has 5 N–H and O–H groups in total. The predicted octanol–water partition coefficient (Wildman–Crippen LogP) is 2.78. The summed E-state index contributed by atoms with van der Waals surface area (Å²) in [6.07, 6.45) is 2.69. The molecule has 2 aromatic rings. The van der Waals surface area contributed by atoms with Gasteiger partial charge in [-0.25, -0.2) is 14.3 Å². The third kappa shape index (κ3) is 5.95. The molecular weight excluding hydrogens is 422 g/mol. The molecule has 1 aromatic carbocycles.